The standard InChI is InChI=1S/C14H9F2NO5/c15-14(16)22-11-6-4-9(5-7-11)13(18)21-12-3-1-2-10(8-12)17(19)20/h1-8,14H. The largest absolute Gasteiger partial charge is 0.435 e. The van der Waals surface area contributed by atoms with Crippen molar-refractivity contribution in [3.63, 3.8) is 0 Å². The van der Waals surface area contributed by atoms with Gasteiger partial charge in [0, 0.05) is 6.07 Å². The summed E-state index contributed by atoms with van der Waals surface area (Å²) in [5, 5.41) is 10.6. The zero-order valence-electron chi connectivity index (χ0n) is 10.9. The second-order valence-corrected chi connectivity index (χ2v) is 4.05. The molecule has 0 N–H and O–H groups in total. The van der Waals surface area contributed by atoms with Crippen LogP contribution in [-0.4, -0.2) is 17.5 Å². The molecule has 0 atom stereocenters. The van der Waals surface area contributed by atoms with Gasteiger partial charge in [-0.05, 0) is 30.3 Å². The van der Waals surface area contributed by atoms with Crippen molar-refractivity contribution in [3.8, 4) is 11.5 Å². The van der Waals surface area contributed by atoms with Crippen LogP contribution in [0.2, 0.25) is 0 Å². The Morgan fingerprint density at radius 3 is 2.36 bits per heavy atom. The lowest BCUT2D eigenvalue weighted by Crippen LogP contribution is -2.09. The van der Waals surface area contributed by atoms with Crippen molar-refractivity contribution in [2.75, 3.05) is 0 Å². The van der Waals surface area contributed by atoms with Gasteiger partial charge in [-0.1, -0.05) is 6.07 Å². The molecule has 0 radical (unpaired) electrons. The average molecular weight is 309 g/mol. The number of rotatable bonds is 5. The molecule has 0 aliphatic rings. The number of hydrogen-bond acceptors (Lipinski definition) is 5. The van der Waals surface area contributed by atoms with Crippen molar-refractivity contribution < 1.29 is 28.0 Å². The van der Waals surface area contributed by atoms with Gasteiger partial charge in [-0.25, -0.2) is 4.79 Å². The summed E-state index contributed by atoms with van der Waals surface area (Å²) in [7, 11) is 0. The highest BCUT2D eigenvalue weighted by Crippen LogP contribution is 2.21. The van der Waals surface area contributed by atoms with E-state index in [1.807, 2.05) is 0 Å². The van der Waals surface area contributed by atoms with E-state index < -0.39 is 17.5 Å². The van der Waals surface area contributed by atoms with Crippen molar-refractivity contribution in [1.82, 2.24) is 0 Å². The number of ether oxygens (including phenoxy) is 2. The molecule has 0 amide bonds. The van der Waals surface area contributed by atoms with Crippen molar-refractivity contribution >= 4 is 11.7 Å². The van der Waals surface area contributed by atoms with Crippen molar-refractivity contribution in [2.45, 2.75) is 6.61 Å². The Bertz CT molecular complexity index is 688. The molecule has 114 valence electrons. The lowest BCUT2D eigenvalue weighted by atomic mass is 10.2. The maximum absolute atomic E-state index is 12.0. The van der Waals surface area contributed by atoms with Crippen LogP contribution in [0.4, 0.5) is 14.5 Å². The molecule has 0 aromatic heterocycles. The highest BCUT2D eigenvalue weighted by Gasteiger charge is 2.12. The van der Waals surface area contributed by atoms with E-state index in [1.165, 1.54) is 42.5 Å². The first-order chi connectivity index (χ1) is 10.5. The molecule has 0 unspecified atom stereocenters. The van der Waals surface area contributed by atoms with E-state index in [4.69, 9.17) is 4.74 Å². The van der Waals surface area contributed by atoms with E-state index in [0.29, 0.717) is 0 Å². The number of esters is 1. The summed E-state index contributed by atoms with van der Waals surface area (Å²) in [6, 6.07) is 10.0. The molecule has 0 aliphatic carbocycles. The maximum Gasteiger partial charge on any atom is 0.387 e. The zero-order chi connectivity index (χ0) is 16.1. The first-order valence-corrected chi connectivity index (χ1v) is 5.97. The fourth-order valence-electron chi connectivity index (χ4n) is 1.60. The Balaban J connectivity index is 2.08. The van der Waals surface area contributed by atoms with Gasteiger partial charge in [0.25, 0.3) is 5.69 Å². The number of nitrogens with zero attached hydrogens (tertiary/aromatic N) is 1. The van der Waals surface area contributed by atoms with E-state index >= 15 is 0 Å². The number of non-ortho nitro benzene ring substituents is 1. The molecule has 0 saturated carbocycles. The topological polar surface area (TPSA) is 78.7 Å². The van der Waals surface area contributed by atoms with Crippen molar-refractivity contribution in [3.05, 3.63) is 64.2 Å². The third-order valence-corrected chi connectivity index (χ3v) is 2.55. The van der Waals surface area contributed by atoms with Gasteiger partial charge in [0.2, 0.25) is 0 Å². The second kappa shape index (κ2) is 6.61. The molecule has 0 saturated heterocycles. The first kappa shape index (κ1) is 15.4. The van der Waals surface area contributed by atoms with Gasteiger partial charge >= 0.3 is 12.6 Å². The summed E-state index contributed by atoms with van der Waals surface area (Å²) in [5.74, 6) is -0.863. The normalized spacial score (nSPS) is 10.3. The van der Waals surface area contributed by atoms with Gasteiger partial charge in [0.15, 0.2) is 0 Å². The Morgan fingerprint density at radius 2 is 1.77 bits per heavy atom. The quantitative estimate of drug-likeness (QED) is 0.366. The molecule has 0 spiro atoms. The Morgan fingerprint density at radius 1 is 1.09 bits per heavy atom. The number of nitro groups is 1. The zero-order valence-corrected chi connectivity index (χ0v) is 10.9. The summed E-state index contributed by atoms with van der Waals surface area (Å²) in [6.07, 6.45) is 0. The monoisotopic (exact) mass is 309 g/mol. The molecule has 0 bridgehead atoms. The number of halogens is 2. The Hall–Kier alpha value is -3.03. The molecule has 2 aromatic rings. The van der Waals surface area contributed by atoms with Crippen LogP contribution in [0.3, 0.4) is 0 Å². The predicted octanol–water partition coefficient (Wildman–Crippen LogP) is 3.42. The third kappa shape index (κ3) is 3.98. The number of alkyl halides is 2. The third-order valence-electron chi connectivity index (χ3n) is 2.55. The number of benzene rings is 2. The number of carbonyl (C=O) groups is 1. The van der Waals surface area contributed by atoms with Gasteiger partial charge in [-0.2, -0.15) is 8.78 Å². The molecule has 0 fully saturated rings. The van der Waals surface area contributed by atoms with Gasteiger partial charge in [-0.3, -0.25) is 10.1 Å². The first-order valence-electron chi connectivity index (χ1n) is 5.97. The van der Waals surface area contributed by atoms with Crippen LogP contribution in [0, 0.1) is 10.1 Å². The molecular weight excluding hydrogens is 300 g/mol. The molecule has 22 heavy (non-hydrogen) atoms. The molecule has 8 heteroatoms. The highest BCUT2D eigenvalue weighted by atomic mass is 19.3. The minimum absolute atomic E-state index is 0.00658. The summed E-state index contributed by atoms with van der Waals surface area (Å²) >= 11 is 0. The van der Waals surface area contributed by atoms with Gasteiger partial charge < -0.3 is 9.47 Å². The van der Waals surface area contributed by atoms with Crippen LogP contribution in [0.5, 0.6) is 11.5 Å². The smallest absolute Gasteiger partial charge is 0.387 e. The maximum atomic E-state index is 12.0. The molecule has 0 aliphatic heterocycles. The van der Waals surface area contributed by atoms with E-state index in [2.05, 4.69) is 4.74 Å². The minimum atomic E-state index is -2.96. The number of carbonyl (C=O) groups excluding carboxylic acids is 1. The molecular formula is C14H9F2NO5. The fourth-order valence-corrected chi connectivity index (χ4v) is 1.60. The summed E-state index contributed by atoms with van der Waals surface area (Å²) in [4.78, 5) is 21.9. The van der Waals surface area contributed by atoms with E-state index in [9.17, 15) is 23.7 Å². The highest BCUT2D eigenvalue weighted by molar-refractivity contribution is 5.91. The van der Waals surface area contributed by atoms with Gasteiger partial charge in [-0.15, -0.1) is 0 Å². The van der Waals surface area contributed by atoms with Crippen LogP contribution in [-0.2, 0) is 0 Å². The van der Waals surface area contributed by atoms with E-state index in [1.54, 1.807) is 0 Å². The average Bonchev–Trinajstić information content (AvgIpc) is 2.47. The van der Waals surface area contributed by atoms with E-state index in [0.717, 1.165) is 6.07 Å². The van der Waals surface area contributed by atoms with Gasteiger partial charge in [0.05, 0.1) is 16.6 Å². The fraction of sp³-hybridized carbons (Fsp3) is 0.0714. The van der Waals surface area contributed by atoms with Crippen molar-refractivity contribution in [1.29, 1.82) is 0 Å². The van der Waals surface area contributed by atoms with Crippen LogP contribution >= 0.6 is 0 Å². The molecule has 2 aromatic carbocycles. The molecule has 2 rings (SSSR count). The Labute approximate surface area is 123 Å². The predicted molar refractivity (Wildman–Crippen MR) is 71.1 cm³/mol. The minimum Gasteiger partial charge on any atom is -0.435 e. The SMILES string of the molecule is O=C(Oc1cccc([N+](=O)[O-])c1)c1ccc(OC(F)F)cc1. The lowest BCUT2D eigenvalue weighted by molar-refractivity contribution is -0.384. The lowest BCUT2D eigenvalue weighted by Gasteiger charge is -2.06. The number of nitro benzene ring substituents is 1. The van der Waals surface area contributed by atoms with Crippen molar-refractivity contribution in [2.24, 2.45) is 0 Å². The summed E-state index contributed by atoms with van der Waals surface area (Å²) in [6.45, 7) is -2.96. The Kier molecular flexibility index (Phi) is 4.62. The summed E-state index contributed by atoms with van der Waals surface area (Å²) < 4.78 is 33.1. The number of hydrogen-bond donors (Lipinski definition) is 0. The van der Waals surface area contributed by atoms with Crippen LogP contribution < -0.4 is 9.47 Å². The second-order valence-electron chi connectivity index (χ2n) is 4.05. The van der Waals surface area contributed by atoms with Crippen LogP contribution in [0.25, 0.3) is 0 Å². The van der Waals surface area contributed by atoms with Crippen LogP contribution in [0.15, 0.2) is 48.5 Å². The summed E-state index contributed by atoms with van der Waals surface area (Å²) in [5.41, 5.74) is -0.126. The van der Waals surface area contributed by atoms with Crippen LogP contribution in [0.1, 0.15) is 10.4 Å². The van der Waals surface area contributed by atoms with Gasteiger partial charge in [0.1, 0.15) is 11.5 Å². The van der Waals surface area contributed by atoms with E-state index in [-0.39, 0.29) is 22.7 Å². The molecule has 0 heterocycles. The molecule has 6 nitrogen and oxygen atoms in total.